The number of halogens is 1. The molecule has 6 nitrogen and oxygen atoms in total. The highest BCUT2D eigenvalue weighted by atomic mass is 35.5. The van der Waals surface area contributed by atoms with Crippen LogP contribution in [0, 0.1) is 0 Å². The first-order valence-corrected chi connectivity index (χ1v) is 13.4. The van der Waals surface area contributed by atoms with Crippen molar-refractivity contribution >= 4 is 23.4 Å². The number of aryl methyl sites for hydroxylation is 1. The molecule has 37 heavy (non-hydrogen) atoms. The quantitative estimate of drug-likeness (QED) is 0.312. The topological polar surface area (TPSA) is 87.7 Å². The fourth-order valence-electron chi connectivity index (χ4n) is 4.06. The van der Waals surface area contributed by atoms with E-state index < -0.39 is 6.04 Å². The molecule has 1 atom stereocenters. The van der Waals surface area contributed by atoms with Gasteiger partial charge in [-0.3, -0.25) is 9.59 Å². The number of nitrogens with one attached hydrogen (secondary N) is 2. The average molecular weight is 531 g/mol. The summed E-state index contributed by atoms with van der Waals surface area (Å²) in [6.07, 6.45) is 1.38. The van der Waals surface area contributed by atoms with Crippen molar-refractivity contribution in [3.63, 3.8) is 0 Å². The number of phenols is 1. The number of rotatable bonds is 11. The number of phenolic OH excluding ortho intramolecular Hbond substituents is 1. The predicted molar refractivity (Wildman–Crippen MR) is 150 cm³/mol. The monoisotopic (exact) mass is 530 g/mol. The molecule has 0 heterocycles. The molecule has 7 heteroatoms. The zero-order valence-electron chi connectivity index (χ0n) is 23.3. The first-order chi connectivity index (χ1) is 17.2. The normalized spacial score (nSPS) is 12.8. The maximum absolute atomic E-state index is 13.0. The largest absolute Gasteiger partial charge is 0.507 e. The standard InChI is InChI=1S/C30H43ClN2O4/c1-8-37-17-9-16-32-28(36)26(21-11-13-22(31)14-12-21)33-25(34)15-10-20-18-23(29(2,3)4)27(35)24(19-20)30(5,6)7/h11-14,18-19,26,35H,8-10,15-17H2,1-7H3,(H,32,36)(H,33,34)/t26-/m1/s1. The van der Waals surface area contributed by atoms with Gasteiger partial charge in [0.05, 0.1) is 0 Å². The number of hydrogen-bond donors (Lipinski definition) is 3. The minimum absolute atomic E-state index is 0.208. The van der Waals surface area contributed by atoms with E-state index in [2.05, 4.69) is 52.2 Å². The highest BCUT2D eigenvalue weighted by Gasteiger charge is 2.27. The van der Waals surface area contributed by atoms with Gasteiger partial charge in [-0.05, 0) is 65.0 Å². The van der Waals surface area contributed by atoms with E-state index >= 15 is 0 Å². The Morgan fingerprint density at radius 2 is 1.57 bits per heavy atom. The summed E-state index contributed by atoms with van der Waals surface area (Å²) in [5, 5.41) is 17.3. The van der Waals surface area contributed by atoms with E-state index in [9.17, 15) is 14.7 Å². The summed E-state index contributed by atoms with van der Waals surface area (Å²) in [7, 11) is 0. The van der Waals surface area contributed by atoms with E-state index in [1.807, 2.05) is 19.1 Å². The van der Waals surface area contributed by atoms with Crippen LogP contribution in [0.4, 0.5) is 0 Å². The SMILES string of the molecule is CCOCCCNC(=O)[C@H](NC(=O)CCc1cc(C(C)(C)C)c(O)c(C(C)(C)C)c1)c1ccc(Cl)cc1. The van der Waals surface area contributed by atoms with Crippen LogP contribution in [-0.4, -0.2) is 36.7 Å². The predicted octanol–water partition coefficient (Wildman–Crippen LogP) is 5.97. The van der Waals surface area contributed by atoms with E-state index in [1.54, 1.807) is 24.3 Å². The molecule has 0 radical (unpaired) electrons. The van der Waals surface area contributed by atoms with Crippen molar-refractivity contribution in [2.24, 2.45) is 0 Å². The molecule has 2 aromatic rings. The zero-order chi connectivity index (χ0) is 27.8. The van der Waals surface area contributed by atoms with Crippen molar-refractivity contribution < 1.29 is 19.4 Å². The number of amides is 2. The molecular weight excluding hydrogens is 488 g/mol. The molecule has 0 bridgehead atoms. The fourth-order valence-corrected chi connectivity index (χ4v) is 4.19. The number of benzene rings is 2. The van der Waals surface area contributed by atoms with Gasteiger partial charge in [-0.15, -0.1) is 0 Å². The van der Waals surface area contributed by atoms with Crippen LogP contribution in [0.3, 0.4) is 0 Å². The smallest absolute Gasteiger partial charge is 0.247 e. The van der Waals surface area contributed by atoms with E-state index in [0.717, 1.165) is 16.7 Å². The zero-order valence-corrected chi connectivity index (χ0v) is 24.1. The highest BCUT2D eigenvalue weighted by Crippen LogP contribution is 2.40. The van der Waals surface area contributed by atoms with Gasteiger partial charge in [0.2, 0.25) is 11.8 Å². The van der Waals surface area contributed by atoms with Gasteiger partial charge in [0.25, 0.3) is 0 Å². The van der Waals surface area contributed by atoms with Gasteiger partial charge in [0.1, 0.15) is 11.8 Å². The van der Waals surface area contributed by atoms with Crippen molar-refractivity contribution in [2.45, 2.75) is 84.6 Å². The lowest BCUT2D eigenvalue weighted by molar-refractivity contribution is -0.129. The Bertz CT molecular complexity index is 1020. The van der Waals surface area contributed by atoms with Crippen LogP contribution >= 0.6 is 11.6 Å². The molecule has 3 N–H and O–H groups in total. The van der Waals surface area contributed by atoms with Gasteiger partial charge in [0.15, 0.2) is 0 Å². The minimum Gasteiger partial charge on any atom is -0.507 e. The Morgan fingerprint density at radius 3 is 2.08 bits per heavy atom. The third kappa shape index (κ3) is 9.35. The summed E-state index contributed by atoms with van der Waals surface area (Å²) in [6.45, 7) is 16.0. The second kappa shape index (κ2) is 13.3. The summed E-state index contributed by atoms with van der Waals surface area (Å²) < 4.78 is 5.33. The molecule has 0 spiro atoms. The summed E-state index contributed by atoms with van der Waals surface area (Å²) in [4.78, 5) is 26.0. The Morgan fingerprint density at radius 1 is 1.00 bits per heavy atom. The highest BCUT2D eigenvalue weighted by molar-refractivity contribution is 6.30. The van der Waals surface area contributed by atoms with Crippen molar-refractivity contribution in [3.8, 4) is 5.75 Å². The van der Waals surface area contributed by atoms with E-state index in [4.69, 9.17) is 16.3 Å². The number of carbonyl (C=O) groups is 2. The molecule has 0 fully saturated rings. The molecule has 0 aliphatic heterocycles. The van der Waals surface area contributed by atoms with Gasteiger partial charge in [-0.1, -0.05) is 77.4 Å². The first kappa shape index (κ1) is 30.7. The van der Waals surface area contributed by atoms with Crippen molar-refractivity contribution in [1.29, 1.82) is 0 Å². The molecule has 204 valence electrons. The first-order valence-electron chi connectivity index (χ1n) is 13.0. The Labute approximate surface area is 227 Å². The summed E-state index contributed by atoms with van der Waals surface area (Å²) >= 11 is 6.03. The van der Waals surface area contributed by atoms with Gasteiger partial charge < -0.3 is 20.5 Å². The van der Waals surface area contributed by atoms with Crippen molar-refractivity contribution in [3.05, 3.63) is 63.7 Å². The summed E-state index contributed by atoms with van der Waals surface area (Å²) in [6, 6.07) is 10.1. The van der Waals surface area contributed by atoms with Crippen LogP contribution in [0.25, 0.3) is 0 Å². The maximum atomic E-state index is 13.0. The van der Waals surface area contributed by atoms with Gasteiger partial charge in [-0.2, -0.15) is 0 Å². The van der Waals surface area contributed by atoms with Crippen molar-refractivity contribution in [1.82, 2.24) is 10.6 Å². The number of carbonyl (C=O) groups excluding carboxylic acids is 2. The molecular formula is C30H43ClN2O4. The second-order valence-corrected chi connectivity index (χ2v) is 11.9. The van der Waals surface area contributed by atoms with E-state index in [1.165, 1.54) is 0 Å². The lowest BCUT2D eigenvalue weighted by atomic mass is 9.78. The number of ether oxygens (including phenoxy) is 1. The van der Waals surface area contributed by atoms with Crippen LogP contribution in [-0.2, 0) is 31.6 Å². The third-order valence-electron chi connectivity index (χ3n) is 6.17. The van der Waals surface area contributed by atoms with Gasteiger partial charge in [-0.25, -0.2) is 0 Å². The van der Waals surface area contributed by atoms with Gasteiger partial charge in [0, 0.05) is 31.2 Å². The Kier molecular flexibility index (Phi) is 11.0. The van der Waals surface area contributed by atoms with Crippen LogP contribution in [0.1, 0.15) is 89.6 Å². The molecule has 0 aliphatic rings. The van der Waals surface area contributed by atoms with E-state index in [-0.39, 0.29) is 29.1 Å². The lowest BCUT2D eigenvalue weighted by Crippen LogP contribution is -2.41. The second-order valence-electron chi connectivity index (χ2n) is 11.4. The van der Waals surface area contributed by atoms with Crippen LogP contribution in [0.2, 0.25) is 5.02 Å². The average Bonchev–Trinajstić information content (AvgIpc) is 2.80. The summed E-state index contributed by atoms with van der Waals surface area (Å²) in [5.74, 6) is -0.189. The van der Waals surface area contributed by atoms with Crippen LogP contribution in [0.15, 0.2) is 36.4 Å². The summed E-state index contributed by atoms with van der Waals surface area (Å²) in [5.41, 5.74) is 2.87. The molecule has 0 aromatic heterocycles. The van der Waals surface area contributed by atoms with Crippen LogP contribution < -0.4 is 10.6 Å². The number of hydrogen-bond acceptors (Lipinski definition) is 4. The minimum atomic E-state index is -0.827. The molecule has 2 amide bonds. The molecule has 2 aromatic carbocycles. The maximum Gasteiger partial charge on any atom is 0.247 e. The van der Waals surface area contributed by atoms with Crippen LogP contribution in [0.5, 0.6) is 5.75 Å². The molecule has 0 aliphatic carbocycles. The molecule has 0 saturated heterocycles. The van der Waals surface area contributed by atoms with Gasteiger partial charge >= 0.3 is 0 Å². The lowest BCUT2D eigenvalue weighted by Gasteiger charge is -2.28. The molecule has 0 unspecified atom stereocenters. The number of aromatic hydroxyl groups is 1. The fraction of sp³-hybridized carbons (Fsp3) is 0.533. The Hall–Kier alpha value is -2.57. The molecule has 2 rings (SSSR count). The Balaban J connectivity index is 2.18. The van der Waals surface area contributed by atoms with Crippen molar-refractivity contribution in [2.75, 3.05) is 19.8 Å². The molecule has 0 saturated carbocycles. The third-order valence-corrected chi connectivity index (χ3v) is 6.42. The van der Waals surface area contributed by atoms with E-state index in [0.29, 0.717) is 48.9 Å².